The van der Waals surface area contributed by atoms with Crippen molar-refractivity contribution in [2.45, 2.75) is 13.2 Å². The second-order valence-electron chi connectivity index (χ2n) is 4.51. The van der Waals surface area contributed by atoms with Crippen molar-refractivity contribution in [1.29, 1.82) is 5.26 Å². The molecule has 3 aromatic rings. The molecule has 3 rings (SSSR count). The Morgan fingerprint density at radius 1 is 1.40 bits per heavy atom. The maximum absolute atomic E-state index is 9.10. The molecule has 0 amide bonds. The van der Waals surface area contributed by atoms with Crippen LogP contribution in [-0.4, -0.2) is 16.8 Å². The van der Waals surface area contributed by atoms with Gasteiger partial charge in [0.1, 0.15) is 12.3 Å². The van der Waals surface area contributed by atoms with Crippen LogP contribution in [0.5, 0.6) is 0 Å². The molecule has 20 heavy (non-hydrogen) atoms. The molecule has 0 aliphatic carbocycles. The maximum Gasteiger partial charge on any atom is 0.162 e. The lowest BCUT2D eigenvalue weighted by Gasteiger charge is -2.02. The van der Waals surface area contributed by atoms with Crippen LogP contribution in [0.2, 0.25) is 0 Å². The van der Waals surface area contributed by atoms with Gasteiger partial charge in [-0.25, -0.2) is 0 Å². The summed E-state index contributed by atoms with van der Waals surface area (Å²) in [7, 11) is 1.62. The van der Waals surface area contributed by atoms with Crippen molar-refractivity contribution in [2.75, 3.05) is 7.11 Å². The van der Waals surface area contributed by atoms with Crippen molar-refractivity contribution in [3.63, 3.8) is 0 Å². The van der Waals surface area contributed by atoms with Crippen LogP contribution in [0.15, 0.2) is 41.1 Å². The number of rotatable bonds is 4. The highest BCUT2D eigenvalue weighted by molar-refractivity contribution is 5.86. The Hall–Kier alpha value is -2.58. The van der Waals surface area contributed by atoms with Gasteiger partial charge in [0.15, 0.2) is 5.76 Å². The minimum Gasteiger partial charge on any atom is -0.377 e. The molecule has 0 bridgehead atoms. The summed E-state index contributed by atoms with van der Waals surface area (Å²) < 4.78 is 12.2. The van der Waals surface area contributed by atoms with Crippen molar-refractivity contribution >= 4 is 10.9 Å². The molecular weight excluding hydrogens is 254 g/mol. The highest BCUT2D eigenvalue weighted by Gasteiger charge is 2.08. The highest BCUT2D eigenvalue weighted by Crippen LogP contribution is 2.20. The predicted molar refractivity (Wildman–Crippen MR) is 73.0 cm³/mol. The van der Waals surface area contributed by atoms with Crippen LogP contribution in [-0.2, 0) is 17.9 Å². The minimum absolute atomic E-state index is 0.415. The van der Waals surface area contributed by atoms with Crippen LogP contribution in [0.1, 0.15) is 17.0 Å². The Balaban J connectivity index is 1.93. The van der Waals surface area contributed by atoms with Gasteiger partial charge in [-0.3, -0.25) is 0 Å². The molecule has 0 spiro atoms. The minimum atomic E-state index is 0.415. The van der Waals surface area contributed by atoms with Crippen molar-refractivity contribution in [3.8, 4) is 6.07 Å². The molecule has 0 radical (unpaired) electrons. The van der Waals surface area contributed by atoms with Gasteiger partial charge in [-0.2, -0.15) is 5.26 Å². The summed E-state index contributed by atoms with van der Waals surface area (Å²) in [6, 6.07) is 11.7. The Labute approximate surface area is 116 Å². The second-order valence-corrected chi connectivity index (χ2v) is 4.51. The summed E-state index contributed by atoms with van der Waals surface area (Å²) in [4.78, 5) is 0. The summed E-state index contributed by atoms with van der Waals surface area (Å²) in [5.41, 5.74) is 2.53. The molecular formula is C15H13N3O2. The van der Waals surface area contributed by atoms with Gasteiger partial charge in [0.2, 0.25) is 0 Å². The number of nitrogens with zero attached hydrogens (tertiary/aromatic N) is 3. The number of hydrogen-bond donors (Lipinski definition) is 0. The summed E-state index contributed by atoms with van der Waals surface area (Å²) in [5.74, 6) is 0.705. The van der Waals surface area contributed by atoms with Crippen molar-refractivity contribution < 1.29 is 9.26 Å². The Morgan fingerprint density at radius 3 is 3.10 bits per heavy atom. The second kappa shape index (κ2) is 5.19. The Morgan fingerprint density at radius 2 is 2.30 bits per heavy atom. The van der Waals surface area contributed by atoms with E-state index >= 15 is 0 Å². The maximum atomic E-state index is 9.10. The molecule has 0 N–H and O–H groups in total. The third-order valence-electron chi connectivity index (χ3n) is 3.16. The first-order valence-corrected chi connectivity index (χ1v) is 6.23. The lowest BCUT2D eigenvalue weighted by atomic mass is 10.1. The van der Waals surface area contributed by atoms with E-state index in [1.807, 2.05) is 41.1 Å². The SMILES string of the molecule is COCc1cc(Cn2ccc3c(C#N)cccc32)no1. The molecule has 0 saturated carbocycles. The van der Waals surface area contributed by atoms with Crippen LogP contribution < -0.4 is 0 Å². The van der Waals surface area contributed by atoms with E-state index in [2.05, 4.69) is 11.2 Å². The molecule has 1 aromatic carbocycles. The van der Waals surface area contributed by atoms with E-state index in [0.717, 1.165) is 16.6 Å². The van der Waals surface area contributed by atoms with Crippen LogP contribution >= 0.6 is 0 Å². The third-order valence-corrected chi connectivity index (χ3v) is 3.16. The molecule has 0 unspecified atom stereocenters. The van der Waals surface area contributed by atoms with Gasteiger partial charge in [0.05, 0.1) is 18.2 Å². The van der Waals surface area contributed by atoms with Gasteiger partial charge in [-0.1, -0.05) is 11.2 Å². The van der Waals surface area contributed by atoms with Crippen molar-refractivity contribution in [3.05, 3.63) is 53.5 Å². The molecule has 0 fully saturated rings. The number of ether oxygens (including phenoxy) is 1. The predicted octanol–water partition coefficient (Wildman–Crippen LogP) is 2.70. The molecule has 0 atom stereocenters. The number of fused-ring (bicyclic) bond motifs is 1. The van der Waals surface area contributed by atoms with E-state index < -0.39 is 0 Å². The Kier molecular flexibility index (Phi) is 3.23. The van der Waals surface area contributed by atoms with E-state index in [0.29, 0.717) is 24.5 Å². The molecule has 0 aliphatic heterocycles. The summed E-state index contributed by atoms with van der Waals surface area (Å²) in [5, 5.41) is 14.1. The standard InChI is InChI=1S/C15H13N3O2/c1-19-10-13-7-12(17-20-13)9-18-6-5-14-11(8-16)3-2-4-15(14)18/h2-7H,9-10H2,1H3. The number of benzene rings is 1. The fraction of sp³-hybridized carbons (Fsp3) is 0.200. The number of hydrogen-bond acceptors (Lipinski definition) is 4. The van der Waals surface area contributed by atoms with Crippen LogP contribution in [0.3, 0.4) is 0 Å². The lowest BCUT2D eigenvalue weighted by Crippen LogP contribution is -1.97. The van der Waals surface area contributed by atoms with Crippen LogP contribution in [0, 0.1) is 11.3 Å². The largest absolute Gasteiger partial charge is 0.377 e. The van der Waals surface area contributed by atoms with Crippen LogP contribution in [0.25, 0.3) is 10.9 Å². The molecule has 5 nitrogen and oxygen atoms in total. The molecule has 100 valence electrons. The number of methoxy groups -OCH3 is 1. The van der Waals surface area contributed by atoms with Gasteiger partial charge in [-0.05, 0) is 18.2 Å². The first kappa shape index (κ1) is 12.5. The quantitative estimate of drug-likeness (QED) is 0.729. The molecule has 2 heterocycles. The lowest BCUT2D eigenvalue weighted by molar-refractivity contribution is 0.155. The van der Waals surface area contributed by atoms with Gasteiger partial charge in [0.25, 0.3) is 0 Å². The fourth-order valence-electron chi connectivity index (χ4n) is 2.27. The van der Waals surface area contributed by atoms with E-state index in [1.54, 1.807) is 7.11 Å². The molecule has 5 heteroatoms. The first-order chi connectivity index (χ1) is 9.81. The molecule has 0 saturated heterocycles. The van der Waals surface area contributed by atoms with Crippen molar-refractivity contribution in [1.82, 2.24) is 9.72 Å². The molecule has 2 aromatic heterocycles. The zero-order valence-electron chi connectivity index (χ0n) is 11.0. The van der Waals surface area contributed by atoms with Gasteiger partial charge in [-0.15, -0.1) is 0 Å². The van der Waals surface area contributed by atoms with E-state index in [-0.39, 0.29) is 0 Å². The topological polar surface area (TPSA) is 64.0 Å². The summed E-state index contributed by atoms with van der Waals surface area (Å²) in [6.07, 6.45) is 1.95. The number of nitriles is 1. The number of aromatic nitrogens is 2. The van der Waals surface area contributed by atoms with E-state index in [9.17, 15) is 0 Å². The zero-order valence-corrected chi connectivity index (χ0v) is 11.0. The summed E-state index contributed by atoms with van der Waals surface area (Å²) in [6.45, 7) is 1.02. The first-order valence-electron chi connectivity index (χ1n) is 6.23. The van der Waals surface area contributed by atoms with E-state index in [4.69, 9.17) is 14.5 Å². The zero-order chi connectivity index (χ0) is 13.9. The molecule has 0 aliphatic rings. The smallest absolute Gasteiger partial charge is 0.162 e. The van der Waals surface area contributed by atoms with Crippen LogP contribution in [0.4, 0.5) is 0 Å². The normalized spacial score (nSPS) is 10.8. The highest BCUT2D eigenvalue weighted by atomic mass is 16.5. The third kappa shape index (κ3) is 2.17. The van der Waals surface area contributed by atoms with E-state index in [1.165, 1.54) is 0 Å². The average molecular weight is 267 g/mol. The summed E-state index contributed by atoms with van der Waals surface area (Å²) >= 11 is 0. The van der Waals surface area contributed by atoms with Gasteiger partial charge in [0, 0.05) is 30.3 Å². The monoisotopic (exact) mass is 267 g/mol. The van der Waals surface area contributed by atoms with Gasteiger partial charge < -0.3 is 13.8 Å². The Bertz CT molecular complexity index is 780. The average Bonchev–Trinajstić information content (AvgIpc) is 3.07. The fourth-order valence-corrected chi connectivity index (χ4v) is 2.27. The van der Waals surface area contributed by atoms with Gasteiger partial charge >= 0.3 is 0 Å². The van der Waals surface area contributed by atoms with Crippen molar-refractivity contribution in [2.24, 2.45) is 0 Å².